The van der Waals surface area contributed by atoms with E-state index < -0.39 is 11.8 Å². The number of para-hydroxylation sites is 1. The Hall–Kier alpha value is -3.25. The summed E-state index contributed by atoms with van der Waals surface area (Å²) in [6, 6.07) is 17.0. The number of pyridine rings is 1. The van der Waals surface area contributed by atoms with E-state index in [4.69, 9.17) is 4.74 Å². The summed E-state index contributed by atoms with van der Waals surface area (Å²) in [5, 5.41) is 0.710. The number of aryl methyl sites for hydroxylation is 1. The molecule has 0 aliphatic heterocycles. The van der Waals surface area contributed by atoms with Crippen LogP contribution in [0, 0.1) is 6.92 Å². The summed E-state index contributed by atoms with van der Waals surface area (Å²) in [4.78, 5) is 28.8. The molecular weight excluding hydrogens is 330 g/mol. The van der Waals surface area contributed by atoms with Gasteiger partial charge in [-0.3, -0.25) is 20.4 Å². The minimum absolute atomic E-state index is 0.133. The molecule has 0 bridgehead atoms. The predicted octanol–water partition coefficient (Wildman–Crippen LogP) is 2.62. The zero-order valence-electron chi connectivity index (χ0n) is 14.6. The Morgan fingerprint density at radius 2 is 1.77 bits per heavy atom. The number of fused-ring (bicyclic) bond motifs is 1. The third kappa shape index (κ3) is 3.87. The Balaban J connectivity index is 1.98. The van der Waals surface area contributed by atoms with Gasteiger partial charge < -0.3 is 4.74 Å². The third-order valence-electron chi connectivity index (χ3n) is 3.90. The minimum Gasteiger partial charge on any atom is -0.375 e. The number of hydrazine groups is 1. The summed E-state index contributed by atoms with van der Waals surface area (Å²) < 4.78 is 4.73. The fourth-order valence-electron chi connectivity index (χ4n) is 2.60. The molecule has 6 nitrogen and oxygen atoms in total. The van der Waals surface area contributed by atoms with Gasteiger partial charge in [0.15, 0.2) is 0 Å². The second kappa shape index (κ2) is 7.76. The topological polar surface area (TPSA) is 80.3 Å². The molecular formula is C20H19N3O3. The number of hydrogen-bond donors (Lipinski definition) is 2. The Morgan fingerprint density at radius 3 is 2.50 bits per heavy atom. The molecule has 3 rings (SSSR count). The van der Waals surface area contributed by atoms with Crippen LogP contribution in [0.15, 0.2) is 54.6 Å². The molecule has 1 heterocycles. The van der Waals surface area contributed by atoms with Crippen LogP contribution in [0.5, 0.6) is 0 Å². The van der Waals surface area contributed by atoms with Crippen LogP contribution >= 0.6 is 0 Å². The van der Waals surface area contributed by atoms with Crippen molar-refractivity contribution in [2.75, 3.05) is 13.7 Å². The lowest BCUT2D eigenvalue weighted by atomic mass is 10.0. The predicted molar refractivity (Wildman–Crippen MR) is 99.4 cm³/mol. The fraction of sp³-hybridized carbons (Fsp3) is 0.150. The number of rotatable bonds is 4. The van der Waals surface area contributed by atoms with Crippen LogP contribution in [0.3, 0.4) is 0 Å². The third-order valence-corrected chi connectivity index (χ3v) is 3.90. The van der Waals surface area contributed by atoms with E-state index >= 15 is 0 Å². The molecule has 0 atom stereocenters. The Morgan fingerprint density at radius 1 is 1.04 bits per heavy atom. The molecule has 0 spiro atoms. The van der Waals surface area contributed by atoms with Gasteiger partial charge in [-0.05, 0) is 19.1 Å². The van der Waals surface area contributed by atoms with Crippen molar-refractivity contribution in [2.24, 2.45) is 0 Å². The molecule has 0 aliphatic rings. The maximum atomic E-state index is 12.6. The van der Waals surface area contributed by atoms with Crippen molar-refractivity contribution in [3.63, 3.8) is 0 Å². The maximum Gasteiger partial charge on any atom is 0.270 e. The highest BCUT2D eigenvalue weighted by molar-refractivity contribution is 6.07. The molecule has 3 aromatic rings. The lowest BCUT2D eigenvalue weighted by Crippen LogP contribution is -2.43. The quantitative estimate of drug-likeness (QED) is 0.710. The Kier molecular flexibility index (Phi) is 5.24. The number of methoxy groups -OCH3 is 1. The number of nitrogens with zero attached hydrogens (tertiary/aromatic N) is 1. The first-order chi connectivity index (χ1) is 12.6. The Labute approximate surface area is 151 Å². The second-order valence-electron chi connectivity index (χ2n) is 5.87. The van der Waals surface area contributed by atoms with E-state index in [0.717, 1.165) is 11.1 Å². The number of carbonyl (C=O) groups is 2. The van der Waals surface area contributed by atoms with Gasteiger partial charge >= 0.3 is 0 Å². The van der Waals surface area contributed by atoms with Crippen LogP contribution in [0.25, 0.3) is 22.2 Å². The van der Waals surface area contributed by atoms with Crippen LogP contribution in [0.2, 0.25) is 0 Å². The zero-order valence-corrected chi connectivity index (χ0v) is 14.6. The average Bonchev–Trinajstić information content (AvgIpc) is 2.66. The minimum atomic E-state index is -0.432. The van der Waals surface area contributed by atoms with Crippen molar-refractivity contribution in [3.8, 4) is 11.3 Å². The summed E-state index contributed by atoms with van der Waals surface area (Å²) in [5.74, 6) is -0.848. The molecule has 0 unspecified atom stereocenters. The summed E-state index contributed by atoms with van der Waals surface area (Å²) >= 11 is 0. The smallest absolute Gasteiger partial charge is 0.270 e. The highest BCUT2D eigenvalue weighted by atomic mass is 16.5. The monoisotopic (exact) mass is 349 g/mol. The first-order valence-electron chi connectivity index (χ1n) is 8.13. The van der Waals surface area contributed by atoms with Gasteiger partial charge in [0.25, 0.3) is 11.8 Å². The van der Waals surface area contributed by atoms with Crippen molar-refractivity contribution in [1.82, 2.24) is 15.8 Å². The first-order valence-corrected chi connectivity index (χ1v) is 8.13. The van der Waals surface area contributed by atoms with E-state index in [1.165, 1.54) is 7.11 Å². The van der Waals surface area contributed by atoms with E-state index in [1.807, 2.05) is 55.5 Å². The van der Waals surface area contributed by atoms with Gasteiger partial charge in [-0.1, -0.05) is 48.0 Å². The van der Waals surface area contributed by atoms with E-state index in [-0.39, 0.29) is 6.61 Å². The molecule has 6 heteroatoms. The lowest BCUT2D eigenvalue weighted by molar-refractivity contribution is -0.125. The SMILES string of the molecule is COCC(=O)NNC(=O)c1cc(-c2ccc(C)cc2)nc2ccccc12. The molecule has 2 amide bonds. The Bertz CT molecular complexity index is 952. The van der Waals surface area contributed by atoms with Gasteiger partial charge in [0.1, 0.15) is 6.61 Å². The van der Waals surface area contributed by atoms with Gasteiger partial charge in [-0.25, -0.2) is 4.98 Å². The van der Waals surface area contributed by atoms with Crippen LogP contribution in [-0.2, 0) is 9.53 Å². The molecule has 0 fully saturated rings. The van der Waals surface area contributed by atoms with Crippen LogP contribution in [-0.4, -0.2) is 30.5 Å². The molecule has 132 valence electrons. The largest absolute Gasteiger partial charge is 0.375 e. The van der Waals surface area contributed by atoms with E-state index in [1.54, 1.807) is 6.07 Å². The van der Waals surface area contributed by atoms with Gasteiger partial charge in [0, 0.05) is 18.1 Å². The van der Waals surface area contributed by atoms with Crippen molar-refractivity contribution in [3.05, 3.63) is 65.7 Å². The number of amides is 2. The molecule has 26 heavy (non-hydrogen) atoms. The molecule has 0 aliphatic carbocycles. The number of carbonyl (C=O) groups excluding carboxylic acids is 2. The van der Waals surface area contributed by atoms with Crippen molar-refractivity contribution in [1.29, 1.82) is 0 Å². The van der Waals surface area contributed by atoms with Crippen molar-refractivity contribution < 1.29 is 14.3 Å². The number of aromatic nitrogens is 1. The summed E-state index contributed by atoms with van der Waals surface area (Å²) in [7, 11) is 1.41. The van der Waals surface area contributed by atoms with Crippen LogP contribution < -0.4 is 10.9 Å². The second-order valence-corrected chi connectivity index (χ2v) is 5.87. The standard InChI is InChI=1S/C20H19N3O3/c1-13-7-9-14(10-8-13)18-11-16(15-5-3-4-6-17(15)21-18)20(25)23-22-19(24)12-26-2/h3-11H,12H2,1-2H3,(H,22,24)(H,23,25). The number of hydrogen-bond acceptors (Lipinski definition) is 4. The van der Waals surface area contributed by atoms with E-state index in [9.17, 15) is 9.59 Å². The highest BCUT2D eigenvalue weighted by Gasteiger charge is 2.14. The average molecular weight is 349 g/mol. The molecule has 1 aromatic heterocycles. The van der Waals surface area contributed by atoms with Gasteiger partial charge in [0.05, 0.1) is 16.8 Å². The number of benzene rings is 2. The summed E-state index contributed by atoms with van der Waals surface area (Å²) in [6.07, 6.45) is 0. The number of nitrogens with one attached hydrogen (secondary N) is 2. The zero-order chi connectivity index (χ0) is 18.5. The van der Waals surface area contributed by atoms with E-state index in [0.29, 0.717) is 22.2 Å². The highest BCUT2D eigenvalue weighted by Crippen LogP contribution is 2.25. The molecule has 2 N–H and O–H groups in total. The first kappa shape index (κ1) is 17.6. The normalized spacial score (nSPS) is 10.5. The van der Waals surface area contributed by atoms with E-state index in [2.05, 4.69) is 15.8 Å². The summed E-state index contributed by atoms with van der Waals surface area (Å²) in [6.45, 7) is 1.88. The summed E-state index contributed by atoms with van der Waals surface area (Å²) in [5.41, 5.74) is 8.64. The molecule has 2 aromatic carbocycles. The van der Waals surface area contributed by atoms with Gasteiger partial charge in [-0.2, -0.15) is 0 Å². The molecule has 0 radical (unpaired) electrons. The van der Waals surface area contributed by atoms with Crippen LogP contribution in [0.4, 0.5) is 0 Å². The number of ether oxygens (including phenoxy) is 1. The molecule has 0 saturated carbocycles. The van der Waals surface area contributed by atoms with Gasteiger partial charge in [0.2, 0.25) is 0 Å². The van der Waals surface area contributed by atoms with Crippen LogP contribution in [0.1, 0.15) is 15.9 Å². The fourth-order valence-corrected chi connectivity index (χ4v) is 2.60. The molecule has 0 saturated heterocycles. The maximum absolute atomic E-state index is 12.6. The van der Waals surface area contributed by atoms with Crippen molar-refractivity contribution in [2.45, 2.75) is 6.92 Å². The lowest BCUT2D eigenvalue weighted by Gasteiger charge is -2.11. The van der Waals surface area contributed by atoms with Gasteiger partial charge in [-0.15, -0.1) is 0 Å². The van der Waals surface area contributed by atoms with Crippen molar-refractivity contribution >= 4 is 22.7 Å².